The molecule has 154 valence electrons. The summed E-state index contributed by atoms with van der Waals surface area (Å²) in [5.41, 5.74) is 2.20. The second kappa shape index (κ2) is 11.2. The monoisotopic (exact) mass is 424 g/mol. The Morgan fingerprint density at radius 1 is 1.18 bits per heavy atom. The maximum atomic E-state index is 12.2. The molecule has 0 amide bonds. The normalized spacial score (nSPS) is 12.2. The zero-order valence-electron chi connectivity index (χ0n) is 16.5. The number of aliphatic imine (C=N–C) groups is 1. The van der Waals surface area contributed by atoms with Crippen LogP contribution in [0.1, 0.15) is 22.9 Å². The fraction of sp³-hybridized carbons (Fsp3) is 0.421. The maximum absolute atomic E-state index is 12.2. The molecule has 7 nitrogen and oxygen atoms in total. The van der Waals surface area contributed by atoms with Crippen LogP contribution in [0.25, 0.3) is 0 Å². The zero-order chi connectivity index (χ0) is 20.4. The van der Waals surface area contributed by atoms with Crippen LogP contribution < -0.4 is 15.4 Å². The summed E-state index contributed by atoms with van der Waals surface area (Å²) in [5, 5.41) is 8.63. The molecule has 0 fully saturated rings. The summed E-state index contributed by atoms with van der Waals surface area (Å²) in [6.07, 6.45) is 0. The van der Waals surface area contributed by atoms with Crippen LogP contribution >= 0.6 is 11.3 Å². The van der Waals surface area contributed by atoms with Crippen molar-refractivity contribution in [1.82, 2.24) is 15.4 Å². The van der Waals surface area contributed by atoms with E-state index in [1.54, 1.807) is 35.6 Å². The number of ether oxygens (including phenoxy) is 1. The van der Waals surface area contributed by atoms with Crippen LogP contribution in [0.4, 0.5) is 0 Å². The lowest BCUT2D eigenvalue weighted by Crippen LogP contribution is -2.36. The number of nitrogens with one attached hydrogen (secondary N) is 3. The summed E-state index contributed by atoms with van der Waals surface area (Å²) in [6, 6.07) is 8.85. The van der Waals surface area contributed by atoms with Crippen molar-refractivity contribution in [3.8, 4) is 0 Å². The number of nitrogens with zero attached hydrogens (tertiary/aromatic N) is 1. The average Bonchev–Trinajstić information content (AvgIpc) is 3.09. The van der Waals surface area contributed by atoms with Crippen LogP contribution in [0.15, 0.2) is 45.6 Å². The first-order valence-corrected chi connectivity index (χ1v) is 11.4. The first-order chi connectivity index (χ1) is 13.5. The molecule has 0 saturated carbocycles. The van der Waals surface area contributed by atoms with E-state index in [-0.39, 0.29) is 11.4 Å². The molecule has 0 atom stereocenters. The molecule has 2 aromatic rings. The summed E-state index contributed by atoms with van der Waals surface area (Å²) in [7, 11) is -1.99. The van der Waals surface area contributed by atoms with Gasteiger partial charge in [0.1, 0.15) is 0 Å². The third-order valence-corrected chi connectivity index (χ3v) is 6.48. The Kier molecular flexibility index (Phi) is 8.91. The smallest absolute Gasteiger partial charge is 0.240 e. The molecule has 28 heavy (non-hydrogen) atoms. The molecule has 0 aliphatic carbocycles. The molecule has 1 aromatic heterocycles. The first kappa shape index (κ1) is 22.4. The number of hydrogen-bond donors (Lipinski definition) is 3. The molecule has 3 N–H and O–H groups in total. The van der Waals surface area contributed by atoms with Crippen molar-refractivity contribution in [2.75, 3.05) is 26.8 Å². The molecule has 2 rings (SSSR count). The molecule has 0 saturated heterocycles. The van der Waals surface area contributed by atoms with Crippen LogP contribution in [-0.2, 0) is 27.8 Å². The molecule has 0 bridgehead atoms. The van der Waals surface area contributed by atoms with Gasteiger partial charge < -0.3 is 15.4 Å². The van der Waals surface area contributed by atoms with Gasteiger partial charge in [-0.15, -0.1) is 11.3 Å². The van der Waals surface area contributed by atoms with Gasteiger partial charge >= 0.3 is 0 Å². The average molecular weight is 425 g/mol. The molecule has 0 aliphatic rings. The van der Waals surface area contributed by atoms with Crippen molar-refractivity contribution < 1.29 is 13.2 Å². The highest BCUT2D eigenvalue weighted by atomic mass is 32.2. The molecule has 9 heteroatoms. The molecule has 0 spiro atoms. The molecule has 0 unspecified atom stereocenters. The molecule has 0 aliphatic heterocycles. The van der Waals surface area contributed by atoms with Crippen molar-refractivity contribution in [2.24, 2.45) is 4.99 Å². The van der Waals surface area contributed by atoms with E-state index >= 15 is 0 Å². The van der Waals surface area contributed by atoms with Gasteiger partial charge in [0.25, 0.3) is 0 Å². The minimum absolute atomic E-state index is 0.231. The van der Waals surface area contributed by atoms with E-state index < -0.39 is 10.0 Å². The number of benzene rings is 1. The lowest BCUT2D eigenvalue weighted by molar-refractivity contribution is 0.204. The molecule has 1 heterocycles. The Hall–Kier alpha value is -1.94. The predicted molar refractivity (Wildman–Crippen MR) is 114 cm³/mol. The number of methoxy groups -OCH3 is 1. The molecular formula is C19H28N4O3S2. The lowest BCUT2D eigenvalue weighted by Gasteiger charge is -2.11. The Labute approximate surface area is 171 Å². The Balaban J connectivity index is 1.97. The van der Waals surface area contributed by atoms with Crippen LogP contribution in [0.5, 0.6) is 0 Å². The number of hydrogen-bond acceptors (Lipinski definition) is 5. The van der Waals surface area contributed by atoms with Crippen LogP contribution in [0.3, 0.4) is 0 Å². The van der Waals surface area contributed by atoms with Crippen molar-refractivity contribution in [3.05, 3.63) is 51.7 Å². The summed E-state index contributed by atoms with van der Waals surface area (Å²) < 4.78 is 31.7. The third kappa shape index (κ3) is 6.90. The van der Waals surface area contributed by atoms with E-state index in [9.17, 15) is 8.42 Å². The topological polar surface area (TPSA) is 91.8 Å². The Morgan fingerprint density at radius 2 is 1.93 bits per heavy atom. The summed E-state index contributed by atoms with van der Waals surface area (Å²) in [4.78, 5) is 6.09. The van der Waals surface area contributed by atoms with Gasteiger partial charge in [-0.05, 0) is 48.6 Å². The van der Waals surface area contributed by atoms with E-state index in [1.807, 2.05) is 6.92 Å². The second-order valence-corrected chi connectivity index (χ2v) is 8.88. The quantitative estimate of drug-likeness (QED) is 0.309. The molecule has 0 radical (unpaired) electrons. The van der Waals surface area contributed by atoms with Crippen molar-refractivity contribution in [2.45, 2.75) is 31.8 Å². The van der Waals surface area contributed by atoms with E-state index in [0.29, 0.717) is 13.2 Å². The van der Waals surface area contributed by atoms with Crippen molar-refractivity contribution >= 4 is 27.3 Å². The fourth-order valence-electron chi connectivity index (χ4n) is 2.40. The van der Waals surface area contributed by atoms with Crippen LogP contribution in [-0.4, -0.2) is 41.2 Å². The number of aryl methyl sites for hydroxylation is 1. The summed E-state index contributed by atoms with van der Waals surface area (Å²) in [6.45, 7) is 6.63. The van der Waals surface area contributed by atoms with Gasteiger partial charge in [-0.1, -0.05) is 12.1 Å². The van der Waals surface area contributed by atoms with Crippen molar-refractivity contribution in [3.63, 3.8) is 0 Å². The SMILES string of the molecule is CCNC(=NCc1ccc(S(=O)(=O)NCCOC)cc1)NCc1sccc1C. The minimum atomic E-state index is -3.52. The maximum Gasteiger partial charge on any atom is 0.240 e. The molecular weight excluding hydrogens is 396 g/mol. The number of thiophene rings is 1. The summed E-state index contributed by atoms with van der Waals surface area (Å²) in [5.74, 6) is 0.730. The lowest BCUT2D eigenvalue weighted by atomic mass is 10.2. The minimum Gasteiger partial charge on any atom is -0.383 e. The van der Waals surface area contributed by atoms with E-state index in [1.165, 1.54) is 17.6 Å². The highest BCUT2D eigenvalue weighted by Gasteiger charge is 2.12. The second-order valence-electron chi connectivity index (χ2n) is 6.11. The van der Waals surface area contributed by atoms with Gasteiger partial charge in [-0.25, -0.2) is 18.1 Å². The van der Waals surface area contributed by atoms with Gasteiger partial charge in [0.05, 0.1) is 24.6 Å². The highest BCUT2D eigenvalue weighted by Crippen LogP contribution is 2.15. The summed E-state index contributed by atoms with van der Waals surface area (Å²) >= 11 is 1.72. The van der Waals surface area contributed by atoms with E-state index in [4.69, 9.17) is 4.74 Å². The van der Waals surface area contributed by atoms with Gasteiger partial charge in [-0.3, -0.25) is 0 Å². The molecule has 1 aromatic carbocycles. The van der Waals surface area contributed by atoms with Crippen LogP contribution in [0.2, 0.25) is 0 Å². The standard InChI is InChI=1S/C19H28N4O3S2/c1-4-20-19(22-14-18-15(2)9-12-27-18)21-13-16-5-7-17(8-6-16)28(24,25)23-10-11-26-3/h5-9,12,23H,4,10-11,13-14H2,1-3H3,(H2,20,21,22). The van der Waals surface area contributed by atoms with Gasteiger partial charge in [0.2, 0.25) is 10.0 Å². The number of rotatable bonds is 10. The van der Waals surface area contributed by atoms with Crippen molar-refractivity contribution in [1.29, 1.82) is 0 Å². The Morgan fingerprint density at radius 3 is 2.54 bits per heavy atom. The fourth-order valence-corrected chi connectivity index (χ4v) is 4.26. The zero-order valence-corrected chi connectivity index (χ0v) is 18.1. The van der Waals surface area contributed by atoms with Gasteiger partial charge in [0.15, 0.2) is 5.96 Å². The third-order valence-electron chi connectivity index (χ3n) is 3.98. The predicted octanol–water partition coefficient (Wildman–Crippen LogP) is 2.24. The van der Waals surface area contributed by atoms with Crippen LogP contribution in [0, 0.1) is 6.92 Å². The number of sulfonamides is 1. The Bertz CT molecular complexity index is 862. The van der Waals surface area contributed by atoms with E-state index in [2.05, 4.69) is 38.7 Å². The highest BCUT2D eigenvalue weighted by molar-refractivity contribution is 7.89. The number of guanidine groups is 1. The largest absolute Gasteiger partial charge is 0.383 e. The van der Waals surface area contributed by atoms with Gasteiger partial charge in [0, 0.05) is 25.1 Å². The van der Waals surface area contributed by atoms with Gasteiger partial charge in [-0.2, -0.15) is 0 Å². The van der Waals surface area contributed by atoms with E-state index in [0.717, 1.165) is 24.6 Å². The first-order valence-electron chi connectivity index (χ1n) is 9.09.